The zero-order valence-electron chi connectivity index (χ0n) is 12.2. The van der Waals surface area contributed by atoms with Crippen molar-refractivity contribution in [1.82, 2.24) is 9.78 Å². The maximum absolute atomic E-state index is 10.9. The second-order valence-corrected chi connectivity index (χ2v) is 5.08. The first kappa shape index (κ1) is 14.1. The quantitative estimate of drug-likeness (QED) is 0.795. The van der Waals surface area contributed by atoms with E-state index >= 15 is 0 Å². The molecule has 1 heterocycles. The number of rotatable bonds is 4. The Hall–Kier alpha value is -2.88. The Labute approximate surface area is 128 Å². The largest absolute Gasteiger partial charge is 0.478 e. The number of benzene rings is 2. The van der Waals surface area contributed by atoms with Crippen molar-refractivity contribution in [2.45, 2.75) is 13.3 Å². The standard InChI is InChI=1S/C18H16N2O2/c1-2-13-3-9-17(10-4-13)20-12-16(11-19-20)14-5-7-15(8-6-14)18(21)22/h3-12H,2H2,1H3,(H,21,22). The fourth-order valence-electron chi connectivity index (χ4n) is 2.30. The topological polar surface area (TPSA) is 55.1 Å². The smallest absolute Gasteiger partial charge is 0.335 e. The lowest BCUT2D eigenvalue weighted by molar-refractivity contribution is 0.0697. The van der Waals surface area contributed by atoms with Gasteiger partial charge >= 0.3 is 5.97 Å². The van der Waals surface area contributed by atoms with Crippen molar-refractivity contribution in [3.63, 3.8) is 0 Å². The number of carboxylic acids is 1. The molecule has 4 heteroatoms. The van der Waals surface area contributed by atoms with Crippen LogP contribution in [0, 0.1) is 0 Å². The van der Waals surface area contributed by atoms with Gasteiger partial charge in [-0.25, -0.2) is 9.48 Å². The highest BCUT2D eigenvalue weighted by Crippen LogP contribution is 2.21. The summed E-state index contributed by atoms with van der Waals surface area (Å²) in [7, 11) is 0. The summed E-state index contributed by atoms with van der Waals surface area (Å²) in [6.45, 7) is 2.13. The van der Waals surface area contributed by atoms with Gasteiger partial charge in [0.1, 0.15) is 0 Å². The first-order valence-electron chi connectivity index (χ1n) is 7.15. The monoisotopic (exact) mass is 292 g/mol. The van der Waals surface area contributed by atoms with E-state index in [0.29, 0.717) is 0 Å². The van der Waals surface area contributed by atoms with Gasteiger partial charge in [0, 0.05) is 11.8 Å². The molecule has 0 fully saturated rings. The minimum atomic E-state index is -0.918. The van der Waals surface area contributed by atoms with Crippen molar-refractivity contribution < 1.29 is 9.90 Å². The van der Waals surface area contributed by atoms with Gasteiger partial charge in [-0.3, -0.25) is 0 Å². The number of nitrogens with zero attached hydrogens (tertiary/aromatic N) is 2. The summed E-state index contributed by atoms with van der Waals surface area (Å²) >= 11 is 0. The highest BCUT2D eigenvalue weighted by atomic mass is 16.4. The van der Waals surface area contributed by atoms with Crippen LogP contribution in [0.5, 0.6) is 0 Å². The van der Waals surface area contributed by atoms with Crippen LogP contribution in [0.1, 0.15) is 22.8 Å². The Kier molecular flexibility index (Phi) is 3.74. The molecule has 0 aliphatic rings. The molecule has 0 aliphatic carbocycles. The van der Waals surface area contributed by atoms with Crippen LogP contribution in [-0.4, -0.2) is 20.9 Å². The Morgan fingerprint density at radius 1 is 1.05 bits per heavy atom. The van der Waals surface area contributed by atoms with E-state index in [1.807, 2.05) is 23.0 Å². The highest BCUT2D eigenvalue weighted by Gasteiger charge is 2.06. The molecule has 3 rings (SSSR count). The molecule has 1 N–H and O–H groups in total. The zero-order valence-corrected chi connectivity index (χ0v) is 12.2. The predicted octanol–water partition coefficient (Wildman–Crippen LogP) is 3.80. The maximum Gasteiger partial charge on any atom is 0.335 e. The molecular weight excluding hydrogens is 276 g/mol. The van der Waals surface area contributed by atoms with Crippen molar-refractivity contribution in [2.24, 2.45) is 0 Å². The summed E-state index contributed by atoms with van der Waals surface area (Å²) < 4.78 is 1.82. The summed E-state index contributed by atoms with van der Waals surface area (Å²) in [5.41, 5.74) is 4.48. The zero-order chi connectivity index (χ0) is 15.5. The first-order valence-corrected chi connectivity index (χ1v) is 7.15. The van der Waals surface area contributed by atoms with E-state index in [9.17, 15) is 4.79 Å². The fourth-order valence-corrected chi connectivity index (χ4v) is 2.30. The third-order valence-corrected chi connectivity index (χ3v) is 3.66. The van der Waals surface area contributed by atoms with Gasteiger partial charge < -0.3 is 5.11 Å². The molecule has 0 unspecified atom stereocenters. The Balaban J connectivity index is 1.87. The van der Waals surface area contributed by atoms with E-state index in [1.165, 1.54) is 5.56 Å². The van der Waals surface area contributed by atoms with Crippen LogP contribution < -0.4 is 0 Å². The molecule has 0 atom stereocenters. The third kappa shape index (κ3) is 2.76. The molecule has 0 aliphatic heterocycles. The van der Waals surface area contributed by atoms with Crippen molar-refractivity contribution in [3.8, 4) is 16.8 Å². The number of hydrogen-bond donors (Lipinski definition) is 1. The van der Waals surface area contributed by atoms with Gasteiger partial charge in [-0.1, -0.05) is 31.2 Å². The normalized spacial score (nSPS) is 10.6. The minimum absolute atomic E-state index is 0.284. The van der Waals surface area contributed by atoms with E-state index in [-0.39, 0.29) is 5.56 Å². The Morgan fingerprint density at radius 3 is 2.32 bits per heavy atom. The lowest BCUT2D eigenvalue weighted by atomic mass is 10.1. The second-order valence-electron chi connectivity index (χ2n) is 5.08. The molecule has 1 aromatic heterocycles. The Bertz CT molecular complexity index is 787. The van der Waals surface area contributed by atoms with Crippen LogP contribution in [0.4, 0.5) is 0 Å². The minimum Gasteiger partial charge on any atom is -0.478 e. The van der Waals surface area contributed by atoms with Crippen molar-refractivity contribution >= 4 is 5.97 Å². The maximum atomic E-state index is 10.9. The highest BCUT2D eigenvalue weighted by molar-refractivity contribution is 5.88. The third-order valence-electron chi connectivity index (χ3n) is 3.66. The molecule has 2 aromatic carbocycles. The molecule has 0 saturated heterocycles. The van der Waals surface area contributed by atoms with Crippen LogP contribution in [0.25, 0.3) is 16.8 Å². The van der Waals surface area contributed by atoms with Gasteiger partial charge in [0.05, 0.1) is 17.4 Å². The molecule has 0 radical (unpaired) electrons. The summed E-state index contributed by atoms with van der Waals surface area (Å²) in [5.74, 6) is -0.918. The number of aromatic nitrogens is 2. The van der Waals surface area contributed by atoms with Gasteiger partial charge in [-0.05, 0) is 41.8 Å². The molecular formula is C18H16N2O2. The van der Waals surface area contributed by atoms with Gasteiger partial charge in [0.15, 0.2) is 0 Å². The average Bonchev–Trinajstić information content (AvgIpc) is 3.05. The van der Waals surface area contributed by atoms with Gasteiger partial charge in [0.2, 0.25) is 0 Å². The van der Waals surface area contributed by atoms with Crippen molar-refractivity contribution in [3.05, 3.63) is 72.1 Å². The Morgan fingerprint density at radius 2 is 1.73 bits per heavy atom. The van der Waals surface area contributed by atoms with E-state index in [0.717, 1.165) is 23.2 Å². The number of aryl methyl sites for hydroxylation is 1. The van der Waals surface area contributed by atoms with Crippen LogP contribution in [0.2, 0.25) is 0 Å². The van der Waals surface area contributed by atoms with Crippen molar-refractivity contribution in [1.29, 1.82) is 0 Å². The summed E-state index contributed by atoms with van der Waals surface area (Å²) in [5, 5.41) is 13.3. The number of hydrogen-bond acceptors (Lipinski definition) is 2. The SMILES string of the molecule is CCc1ccc(-n2cc(-c3ccc(C(=O)O)cc3)cn2)cc1. The molecule has 0 amide bonds. The van der Waals surface area contributed by atoms with E-state index < -0.39 is 5.97 Å². The molecule has 3 aromatic rings. The summed E-state index contributed by atoms with van der Waals surface area (Å²) in [6.07, 6.45) is 4.74. The lowest BCUT2D eigenvalue weighted by Crippen LogP contribution is -1.95. The molecule has 0 saturated carbocycles. The van der Waals surface area contributed by atoms with E-state index in [2.05, 4.69) is 24.2 Å². The second kappa shape index (κ2) is 5.85. The van der Waals surface area contributed by atoms with Crippen LogP contribution >= 0.6 is 0 Å². The number of carbonyl (C=O) groups is 1. The molecule has 110 valence electrons. The summed E-state index contributed by atoms with van der Waals surface area (Å²) in [6, 6.07) is 15.1. The predicted molar refractivity (Wildman–Crippen MR) is 85.3 cm³/mol. The summed E-state index contributed by atoms with van der Waals surface area (Å²) in [4.78, 5) is 10.9. The average molecular weight is 292 g/mol. The number of carboxylic acid groups (broad SMARTS) is 1. The van der Waals surface area contributed by atoms with Gasteiger partial charge in [0.25, 0.3) is 0 Å². The number of aromatic carboxylic acids is 1. The van der Waals surface area contributed by atoms with Gasteiger partial charge in [-0.2, -0.15) is 5.10 Å². The van der Waals surface area contributed by atoms with Crippen LogP contribution in [-0.2, 0) is 6.42 Å². The van der Waals surface area contributed by atoms with E-state index in [1.54, 1.807) is 30.5 Å². The lowest BCUT2D eigenvalue weighted by Gasteiger charge is -2.02. The van der Waals surface area contributed by atoms with Gasteiger partial charge in [-0.15, -0.1) is 0 Å². The van der Waals surface area contributed by atoms with Crippen molar-refractivity contribution in [2.75, 3.05) is 0 Å². The fraction of sp³-hybridized carbons (Fsp3) is 0.111. The molecule has 0 spiro atoms. The van der Waals surface area contributed by atoms with Crippen LogP contribution in [0.3, 0.4) is 0 Å². The molecule has 4 nitrogen and oxygen atoms in total. The molecule has 22 heavy (non-hydrogen) atoms. The first-order chi connectivity index (χ1) is 10.7. The molecule has 0 bridgehead atoms. The van der Waals surface area contributed by atoms with Crippen LogP contribution in [0.15, 0.2) is 60.9 Å². The van der Waals surface area contributed by atoms with E-state index in [4.69, 9.17) is 5.11 Å².